The molecule has 0 spiro atoms. The van der Waals surface area contributed by atoms with Crippen molar-refractivity contribution in [2.24, 2.45) is 7.05 Å². The highest BCUT2D eigenvalue weighted by molar-refractivity contribution is 7.92. The molecule has 0 amide bonds. The van der Waals surface area contributed by atoms with Crippen molar-refractivity contribution in [1.29, 1.82) is 5.26 Å². The van der Waals surface area contributed by atoms with Crippen molar-refractivity contribution in [3.8, 4) is 6.07 Å². The number of aromatic nitrogens is 1. The number of anilines is 1. The van der Waals surface area contributed by atoms with E-state index >= 15 is 0 Å². The Hall–Kier alpha value is -3.31. The van der Waals surface area contributed by atoms with Gasteiger partial charge < -0.3 is 9.30 Å². The van der Waals surface area contributed by atoms with Gasteiger partial charge in [0.05, 0.1) is 29.7 Å². The van der Waals surface area contributed by atoms with Crippen molar-refractivity contribution in [2.45, 2.75) is 26.7 Å². The van der Waals surface area contributed by atoms with Gasteiger partial charge in [0.25, 0.3) is 0 Å². The second-order valence-electron chi connectivity index (χ2n) is 7.55. The fourth-order valence-electron chi connectivity index (χ4n) is 3.67. The van der Waals surface area contributed by atoms with Crippen molar-refractivity contribution >= 4 is 32.6 Å². The van der Waals surface area contributed by atoms with Crippen LogP contribution in [0.1, 0.15) is 37.1 Å². The number of nitrogens with zero attached hydrogens (tertiary/aromatic N) is 3. The first-order chi connectivity index (χ1) is 15.3. The number of aryl methyl sites for hydroxylation is 1. The van der Waals surface area contributed by atoms with Crippen LogP contribution in [0.15, 0.2) is 48.5 Å². The van der Waals surface area contributed by atoms with Crippen molar-refractivity contribution in [2.75, 3.05) is 23.2 Å². The van der Waals surface area contributed by atoms with E-state index in [0.717, 1.165) is 26.5 Å². The van der Waals surface area contributed by atoms with Crippen LogP contribution in [0.25, 0.3) is 10.9 Å². The van der Waals surface area contributed by atoms with Gasteiger partial charge in [0.1, 0.15) is 6.54 Å². The number of benzene rings is 2. The van der Waals surface area contributed by atoms with Gasteiger partial charge in [0.15, 0.2) is 0 Å². The highest BCUT2D eigenvalue weighted by atomic mass is 32.2. The molecule has 0 radical (unpaired) electrons. The third-order valence-electron chi connectivity index (χ3n) is 5.26. The van der Waals surface area contributed by atoms with E-state index in [4.69, 9.17) is 10.00 Å². The van der Waals surface area contributed by atoms with Crippen LogP contribution in [0.3, 0.4) is 0 Å². The lowest BCUT2D eigenvalue weighted by molar-refractivity contribution is -0.141. The van der Waals surface area contributed by atoms with Gasteiger partial charge in [-0.25, -0.2) is 8.42 Å². The molecule has 2 aromatic carbocycles. The predicted octanol–water partition coefficient (Wildman–Crippen LogP) is 3.75. The Morgan fingerprint density at radius 3 is 2.47 bits per heavy atom. The normalized spacial score (nSPS) is 11.3. The number of carbonyl (C=O) groups excluding carboxylic acids is 1. The van der Waals surface area contributed by atoms with Crippen LogP contribution in [-0.4, -0.2) is 37.9 Å². The minimum absolute atomic E-state index is 0.0524. The molecule has 3 rings (SSSR count). The van der Waals surface area contributed by atoms with Crippen LogP contribution in [0.2, 0.25) is 0 Å². The molecular formula is C24H27N3O4S. The summed E-state index contributed by atoms with van der Waals surface area (Å²) in [6.45, 7) is 3.31. The molecule has 3 aromatic rings. The highest BCUT2D eigenvalue weighted by Gasteiger charge is 2.25. The van der Waals surface area contributed by atoms with Crippen molar-refractivity contribution in [1.82, 2.24) is 4.57 Å². The molecule has 0 N–H and O–H groups in total. The second kappa shape index (κ2) is 9.88. The fourth-order valence-corrected chi connectivity index (χ4v) is 5.14. The average molecular weight is 454 g/mol. The number of ether oxygens (including phenoxy) is 1. The Balaban J connectivity index is 1.97. The minimum Gasteiger partial charge on any atom is -0.465 e. The summed E-state index contributed by atoms with van der Waals surface area (Å²) >= 11 is 0. The van der Waals surface area contributed by atoms with Crippen LogP contribution in [0.5, 0.6) is 0 Å². The number of rotatable bonds is 9. The summed E-state index contributed by atoms with van der Waals surface area (Å²) in [5.41, 5.74) is 4.14. The first-order valence-electron chi connectivity index (χ1n) is 10.5. The Kier molecular flexibility index (Phi) is 7.21. The number of carbonyl (C=O) groups is 1. The van der Waals surface area contributed by atoms with E-state index in [2.05, 4.69) is 10.6 Å². The summed E-state index contributed by atoms with van der Waals surface area (Å²) in [7, 11) is -1.70. The Morgan fingerprint density at radius 1 is 1.12 bits per heavy atom. The molecule has 0 fully saturated rings. The van der Waals surface area contributed by atoms with Gasteiger partial charge in [-0.3, -0.25) is 9.10 Å². The van der Waals surface area contributed by atoms with Crippen LogP contribution < -0.4 is 4.31 Å². The van der Waals surface area contributed by atoms with Gasteiger partial charge in [0, 0.05) is 30.1 Å². The van der Waals surface area contributed by atoms with Gasteiger partial charge in [0.2, 0.25) is 10.0 Å². The van der Waals surface area contributed by atoms with Crippen molar-refractivity contribution < 1.29 is 17.9 Å². The Morgan fingerprint density at radius 2 is 1.84 bits per heavy atom. The van der Waals surface area contributed by atoms with Crippen molar-refractivity contribution in [3.63, 3.8) is 0 Å². The molecule has 0 atom stereocenters. The van der Waals surface area contributed by atoms with E-state index in [9.17, 15) is 13.2 Å². The van der Waals surface area contributed by atoms with Gasteiger partial charge in [-0.1, -0.05) is 19.1 Å². The molecule has 1 aromatic heterocycles. The molecule has 0 saturated carbocycles. The van der Waals surface area contributed by atoms with E-state index in [1.807, 2.05) is 31.3 Å². The largest absolute Gasteiger partial charge is 0.465 e. The monoisotopic (exact) mass is 453 g/mol. The Bertz CT molecular complexity index is 1250. The van der Waals surface area contributed by atoms with Gasteiger partial charge >= 0.3 is 5.97 Å². The molecule has 8 heteroatoms. The molecule has 168 valence electrons. The lowest BCUT2D eigenvalue weighted by Crippen LogP contribution is -2.38. The predicted molar refractivity (Wildman–Crippen MR) is 125 cm³/mol. The standard InChI is InChI=1S/C24H27N3O4S/c1-4-12-32(29,30)27(17-24(28)31-5-2)21-10-11-23-20(14-21)15-22(26(23)3)13-18-6-8-19(16-25)9-7-18/h6-11,14-15H,4-5,12-13,17H2,1-3H3. The molecule has 1 heterocycles. The number of fused-ring (bicyclic) bond motifs is 1. The first kappa shape index (κ1) is 23.4. The SMILES string of the molecule is CCCS(=O)(=O)N(CC(=O)OCC)c1ccc2c(c1)cc(Cc1ccc(C#N)cc1)n2C. The van der Waals surface area contributed by atoms with Crippen LogP contribution in [0, 0.1) is 11.3 Å². The lowest BCUT2D eigenvalue weighted by Gasteiger charge is -2.23. The summed E-state index contributed by atoms with van der Waals surface area (Å²) < 4.78 is 33.9. The van der Waals surface area contributed by atoms with Crippen molar-refractivity contribution in [3.05, 3.63) is 65.4 Å². The third kappa shape index (κ3) is 5.11. The molecule has 0 aliphatic carbocycles. The minimum atomic E-state index is -3.67. The number of esters is 1. The zero-order valence-electron chi connectivity index (χ0n) is 18.5. The maximum absolute atomic E-state index is 12.9. The quantitative estimate of drug-likeness (QED) is 0.460. The zero-order chi connectivity index (χ0) is 23.3. The van der Waals surface area contributed by atoms with E-state index < -0.39 is 16.0 Å². The van der Waals surface area contributed by atoms with E-state index in [-0.39, 0.29) is 18.9 Å². The average Bonchev–Trinajstić information content (AvgIpc) is 3.07. The molecule has 32 heavy (non-hydrogen) atoms. The maximum Gasteiger partial charge on any atom is 0.326 e. The highest BCUT2D eigenvalue weighted by Crippen LogP contribution is 2.28. The zero-order valence-corrected chi connectivity index (χ0v) is 19.4. The van der Waals surface area contributed by atoms with E-state index in [1.165, 1.54) is 0 Å². The number of sulfonamides is 1. The number of nitriles is 1. The topological polar surface area (TPSA) is 92.4 Å². The summed E-state index contributed by atoms with van der Waals surface area (Å²) in [4.78, 5) is 12.1. The molecule has 0 bridgehead atoms. The molecule has 0 unspecified atom stereocenters. The van der Waals surface area contributed by atoms with Crippen LogP contribution in [-0.2, 0) is 33.0 Å². The van der Waals surface area contributed by atoms with Crippen LogP contribution >= 0.6 is 0 Å². The molecule has 0 aliphatic heterocycles. The summed E-state index contributed by atoms with van der Waals surface area (Å²) in [6, 6.07) is 17.0. The summed E-state index contributed by atoms with van der Waals surface area (Å²) in [5.74, 6) is -0.634. The van der Waals surface area contributed by atoms with E-state index in [0.29, 0.717) is 24.1 Å². The molecular weight excluding hydrogens is 426 g/mol. The molecule has 0 saturated heterocycles. The second-order valence-corrected chi connectivity index (χ2v) is 9.56. The third-order valence-corrected chi connectivity index (χ3v) is 7.19. The lowest BCUT2D eigenvalue weighted by atomic mass is 10.1. The Labute approximate surface area is 188 Å². The first-order valence-corrected chi connectivity index (χ1v) is 12.1. The molecule has 7 nitrogen and oxygen atoms in total. The van der Waals surface area contributed by atoms with Crippen LogP contribution in [0.4, 0.5) is 5.69 Å². The van der Waals surface area contributed by atoms with Gasteiger partial charge in [-0.2, -0.15) is 5.26 Å². The smallest absolute Gasteiger partial charge is 0.326 e. The van der Waals surface area contributed by atoms with Gasteiger partial charge in [-0.05, 0) is 55.3 Å². The summed E-state index contributed by atoms with van der Waals surface area (Å²) in [5, 5.41) is 9.86. The fraction of sp³-hybridized carbons (Fsp3) is 0.333. The number of hydrogen-bond acceptors (Lipinski definition) is 5. The maximum atomic E-state index is 12.9. The van der Waals surface area contributed by atoms with Gasteiger partial charge in [-0.15, -0.1) is 0 Å². The summed E-state index contributed by atoms with van der Waals surface area (Å²) in [6.07, 6.45) is 1.12. The number of hydrogen-bond donors (Lipinski definition) is 0. The molecule has 0 aliphatic rings. The van der Waals surface area contributed by atoms with E-state index in [1.54, 1.807) is 38.1 Å².